The number of rotatable bonds is 15. The summed E-state index contributed by atoms with van der Waals surface area (Å²) >= 11 is 0. The summed E-state index contributed by atoms with van der Waals surface area (Å²) in [6, 6.07) is 0. The van der Waals surface area contributed by atoms with Crippen molar-refractivity contribution in [1.29, 1.82) is 0 Å². The Morgan fingerprint density at radius 3 is 1.18 bits per heavy atom. The lowest BCUT2D eigenvalue weighted by Crippen LogP contribution is -2.66. The Morgan fingerprint density at radius 1 is 0.500 bits per heavy atom. The molecule has 0 aromatic carbocycles. The first-order chi connectivity index (χ1) is 19.7. The zero-order chi connectivity index (χ0) is 34.1. The van der Waals surface area contributed by atoms with Gasteiger partial charge in [-0.15, -0.1) is 0 Å². The van der Waals surface area contributed by atoms with Crippen LogP contribution in [-0.4, -0.2) is 133 Å². The van der Waals surface area contributed by atoms with E-state index >= 15 is 0 Å². The number of hydrogen-bond donors (Lipinski definition) is 5. The summed E-state index contributed by atoms with van der Waals surface area (Å²) in [5.41, 5.74) is 0. The van der Waals surface area contributed by atoms with Gasteiger partial charge < -0.3 is 18.9 Å². The van der Waals surface area contributed by atoms with Crippen LogP contribution >= 0.6 is 0 Å². The van der Waals surface area contributed by atoms with E-state index in [1.54, 1.807) is 6.92 Å². The largest absolute Gasteiger partial charge is 0.397 e. The predicted molar refractivity (Wildman–Crippen MR) is 132 cm³/mol. The van der Waals surface area contributed by atoms with Crippen molar-refractivity contribution in [3.05, 3.63) is 0 Å². The first-order valence-corrected chi connectivity index (χ1v) is 18.4. The van der Waals surface area contributed by atoms with Gasteiger partial charge in [0, 0.05) is 6.61 Å². The molecule has 5 N–H and O–H groups in total. The second-order valence-electron chi connectivity index (χ2n) is 8.83. The molecule has 2 fully saturated rings. The van der Waals surface area contributed by atoms with Gasteiger partial charge in [-0.3, -0.25) is 22.8 Å². The van der Waals surface area contributed by atoms with E-state index in [0.29, 0.717) is 0 Å². The third-order valence-corrected chi connectivity index (χ3v) is 7.72. The molecular weight excluding hydrogens is 724 g/mol. The standard InChI is InChI=1S/C15H28O24S5/c1-4-5-31-14-12(10(37-42(22,23)24)8(6(2)32-14)35-40(16,17)18)34-15-13(39-44(28,29)30)11(38-43(25,26)27)9(7(3)33-15)36-41(19,20)21/h6-15H,4-5H2,1-3H3,(H,16,17,18)(H,19,20,21)(H,22,23,24)(H,25,26,27)(H,28,29,30)/t6-,7-,8+,9+,10+,11+,12-,13-,14+,15-/m0/s1. The lowest BCUT2D eigenvalue weighted by molar-refractivity contribution is -0.352. The summed E-state index contributed by atoms with van der Waals surface area (Å²) in [4.78, 5) is 0. The maximum Gasteiger partial charge on any atom is 0.397 e. The Hall–Kier alpha value is -0.810. The highest BCUT2D eigenvalue weighted by Crippen LogP contribution is 2.36. The van der Waals surface area contributed by atoms with Gasteiger partial charge in [-0.1, -0.05) is 6.92 Å². The molecule has 2 heterocycles. The van der Waals surface area contributed by atoms with Crippen LogP contribution in [0.4, 0.5) is 0 Å². The van der Waals surface area contributed by atoms with Crippen LogP contribution in [0.3, 0.4) is 0 Å². The van der Waals surface area contributed by atoms with Crippen LogP contribution in [0.15, 0.2) is 0 Å². The van der Waals surface area contributed by atoms with E-state index in [2.05, 4.69) is 20.9 Å². The highest BCUT2D eigenvalue weighted by molar-refractivity contribution is 7.82. The molecule has 0 aromatic heterocycles. The van der Waals surface area contributed by atoms with Crippen molar-refractivity contribution in [2.24, 2.45) is 0 Å². The fourth-order valence-corrected chi connectivity index (χ4v) is 6.59. The SMILES string of the molecule is CCCO[C@@H]1O[C@@H](C)[C@@H](OS(=O)(=O)O)[C@@H](OS(=O)(=O)O)[C@@H]1O[C@@H]1O[C@@H](C)[C@@H](OS(=O)(=O)O)[C@@H](OS(=O)(=O)O)[C@@H]1OS(=O)(=O)O. The fraction of sp³-hybridized carbons (Fsp3) is 1.00. The minimum atomic E-state index is -5.73. The molecule has 262 valence electrons. The minimum Gasteiger partial charge on any atom is -0.350 e. The average molecular weight is 753 g/mol. The molecule has 0 aliphatic carbocycles. The molecule has 0 unspecified atom stereocenters. The van der Waals surface area contributed by atoms with Crippen molar-refractivity contribution in [1.82, 2.24) is 0 Å². The maximum atomic E-state index is 11.7. The van der Waals surface area contributed by atoms with Crippen LogP contribution in [-0.2, 0) is 91.9 Å². The Morgan fingerprint density at radius 2 is 0.818 bits per heavy atom. The van der Waals surface area contributed by atoms with Crippen LogP contribution in [0, 0.1) is 0 Å². The van der Waals surface area contributed by atoms with Gasteiger partial charge >= 0.3 is 52.0 Å². The van der Waals surface area contributed by atoms with E-state index in [9.17, 15) is 60.3 Å². The van der Waals surface area contributed by atoms with Crippen LogP contribution in [0.5, 0.6) is 0 Å². The van der Waals surface area contributed by atoms with Gasteiger partial charge in [0.15, 0.2) is 18.7 Å². The molecule has 0 saturated carbocycles. The highest BCUT2D eigenvalue weighted by atomic mass is 32.3. The van der Waals surface area contributed by atoms with E-state index in [1.807, 2.05) is 0 Å². The molecule has 0 spiro atoms. The second-order valence-corrected chi connectivity index (χ2v) is 14.1. The highest BCUT2D eigenvalue weighted by Gasteiger charge is 2.57. The zero-order valence-corrected chi connectivity index (χ0v) is 26.3. The van der Waals surface area contributed by atoms with Crippen LogP contribution in [0.2, 0.25) is 0 Å². The molecule has 44 heavy (non-hydrogen) atoms. The lowest BCUT2D eigenvalue weighted by Gasteiger charge is -2.47. The Kier molecular flexibility index (Phi) is 13.0. The normalized spacial score (nSPS) is 34.5. The molecule has 24 nitrogen and oxygen atoms in total. The molecule has 2 rings (SSSR count). The molecule has 0 amide bonds. The van der Waals surface area contributed by atoms with E-state index in [-0.39, 0.29) is 13.0 Å². The van der Waals surface area contributed by atoms with Gasteiger partial charge in [-0.05, 0) is 20.3 Å². The minimum absolute atomic E-state index is 0.217. The van der Waals surface area contributed by atoms with Gasteiger partial charge in [0.2, 0.25) is 0 Å². The molecular formula is C15H28O24S5. The summed E-state index contributed by atoms with van der Waals surface area (Å²) in [6.45, 7) is 3.31. The first-order valence-electron chi connectivity index (χ1n) is 11.6. The Labute approximate surface area is 251 Å². The molecule has 0 aromatic rings. The van der Waals surface area contributed by atoms with Crippen molar-refractivity contribution in [3.8, 4) is 0 Å². The van der Waals surface area contributed by atoms with E-state index in [0.717, 1.165) is 13.8 Å². The fourth-order valence-electron chi connectivity index (χ4n) is 4.01. The zero-order valence-electron chi connectivity index (χ0n) is 22.2. The summed E-state index contributed by atoms with van der Waals surface area (Å²) in [5, 5.41) is 0. The molecule has 10 atom stereocenters. The monoisotopic (exact) mass is 752 g/mol. The number of ether oxygens (including phenoxy) is 4. The topological polar surface area (TPSA) is 355 Å². The van der Waals surface area contributed by atoms with Gasteiger partial charge in [0.1, 0.15) is 30.5 Å². The first kappa shape index (κ1) is 39.4. The van der Waals surface area contributed by atoms with Gasteiger partial charge in [0.25, 0.3) is 0 Å². The van der Waals surface area contributed by atoms with Gasteiger partial charge in [0.05, 0.1) is 12.2 Å². The van der Waals surface area contributed by atoms with Crippen molar-refractivity contribution in [3.63, 3.8) is 0 Å². The molecule has 2 aliphatic rings. The van der Waals surface area contributed by atoms with Gasteiger partial charge in [-0.2, -0.15) is 42.1 Å². The second kappa shape index (κ2) is 14.5. The molecule has 0 bridgehead atoms. The predicted octanol–water partition coefficient (Wildman–Crippen LogP) is -2.77. The average Bonchev–Trinajstić information content (AvgIpc) is 2.77. The molecule has 0 radical (unpaired) electrons. The van der Waals surface area contributed by atoms with Crippen LogP contribution in [0.25, 0.3) is 0 Å². The van der Waals surface area contributed by atoms with Crippen LogP contribution in [0.1, 0.15) is 27.2 Å². The van der Waals surface area contributed by atoms with Crippen molar-refractivity contribution < 1.29 is 105 Å². The quantitative estimate of drug-likeness (QED) is 0.106. The van der Waals surface area contributed by atoms with Crippen LogP contribution < -0.4 is 0 Å². The Balaban J connectivity index is 2.73. The lowest BCUT2D eigenvalue weighted by atomic mass is 9.98. The third-order valence-electron chi connectivity index (χ3n) is 5.40. The van der Waals surface area contributed by atoms with E-state index in [1.165, 1.54) is 0 Å². The molecule has 2 aliphatic heterocycles. The van der Waals surface area contributed by atoms with Gasteiger partial charge in [-0.25, -0.2) is 20.9 Å². The summed E-state index contributed by atoms with van der Waals surface area (Å²) in [7, 11) is -28.0. The summed E-state index contributed by atoms with van der Waals surface area (Å²) < 4.78 is 205. The maximum absolute atomic E-state index is 11.7. The summed E-state index contributed by atoms with van der Waals surface area (Å²) in [6.07, 6.45) is -22.4. The summed E-state index contributed by atoms with van der Waals surface area (Å²) in [5.74, 6) is 0. The van der Waals surface area contributed by atoms with Crippen molar-refractivity contribution in [2.75, 3.05) is 6.61 Å². The molecule has 2 saturated heterocycles. The van der Waals surface area contributed by atoms with Crippen molar-refractivity contribution >= 4 is 52.0 Å². The van der Waals surface area contributed by atoms with E-state index in [4.69, 9.17) is 23.5 Å². The third kappa shape index (κ3) is 12.8. The van der Waals surface area contributed by atoms with Crippen molar-refractivity contribution in [2.45, 2.75) is 88.6 Å². The number of hydrogen-bond acceptors (Lipinski definition) is 19. The molecule has 29 heteroatoms. The smallest absolute Gasteiger partial charge is 0.350 e. The van der Waals surface area contributed by atoms with E-state index < -0.39 is 113 Å². The Bertz CT molecular complexity index is 1520.